The smallest absolute Gasteiger partial charge is 0.744 e. The van der Waals surface area contributed by atoms with Crippen LogP contribution in [0.5, 0.6) is 0 Å². The summed E-state index contributed by atoms with van der Waals surface area (Å²) in [5, 5.41) is 37.6. The molecule has 0 atom stereocenters. The number of sulfonamides is 2. The number of hydrogen-bond acceptors (Lipinski definition) is 19. The Kier molecular flexibility index (Phi) is 27.4. The van der Waals surface area contributed by atoms with Crippen molar-refractivity contribution in [2.24, 2.45) is 4.99 Å². The van der Waals surface area contributed by atoms with E-state index in [1.54, 1.807) is 26.8 Å². The molecule has 2 aliphatic rings. The second-order valence-electron chi connectivity index (χ2n) is 17.6. The number of carboxylic acids is 3. The number of aromatic carboxylic acids is 3. The van der Waals surface area contributed by atoms with Gasteiger partial charge in [0.1, 0.15) is 26.0 Å². The van der Waals surface area contributed by atoms with Crippen LogP contribution in [0.1, 0.15) is 64.5 Å². The Labute approximate surface area is 610 Å². The second-order valence-corrected chi connectivity index (χ2v) is 23.6. The zero-order valence-electron chi connectivity index (χ0n) is 46.8. The first kappa shape index (κ1) is 76.6. The number of carbonyl (C=O) groups excluding carboxylic acids is 3. The van der Waals surface area contributed by atoms with Gasteiger partial charge in [-0.1, -0.05) is 47.0 Å². The van der Waals surface area contributed by atoms with Crippen molar-refractivity contribution in [3.8, 4) is 22.5 Å². The first-order valence-electron chi connectivity index (χ1n) is 22.2. The predicted octanol–water partition coefficient (Wildman–Crippen LogP) is -13.8. The van der Waals surface area contributed by atoms with Gasteiger partial charge >= 0.3 is 177 Å². The minimum Gasteiger partial charge on any atom is -0.744 e. The van der Waals surface area contributed by atoms with E-state index in [1.807, 2.05) is 0 Å². The van der Waals surface area contributed by atoms with Crippen LogP contribution in [0.15, 0.2) is 126 Å². The van der Waals surface area contributed by atoms with Gasteiger partial charge in [0.15, 0.2) is 0 Å². The van der Waals surface area contributed by atoms with Crippen molar-refractivity contribution in [2.45, 2.75) is 61.1 Å². The topological polar surface area (TPSA) is 365 Å². The first-order valence-corrected chi connectivity index (χ1v) is 28.0. The second kappa shape index (κ2) is 29.7. The molecule has 6 aromatic rings. The SMILES string of the molecule is Cc1cc(C)c(NS(=O)(=O)c2cc(C(=O)[O-])cc(C(=O)[O-])c2)c(C)c1N=c1cc2oc3cc(Nc4c(C)cc(C)c(NS(=O)(=O)c5c[c-]cc(C(=O)[O-])c5)c4C)[c-]cc3c(-c3ccccc3S(=O)(=O)[O-])c-2cc1S(=O)(=O)[O-].[Na+].[Na+].[Na+].[Na+].[Na+].[Na+]. The average molecular weight is 1260 g/mol. The fourth-order valence-corrected chi connectivity index (χ4v) is 12.6. The molecule has 1 heterocycles. The summed E-state index contributed by atoms with van der Waals surface area (Å²) in [6, 6.07) is 23.3. The van der Waals surface area contributed by atoms with Gasteiger partial charge in [0.25, 0.3) is 10.0 Å². The van der Waals surface area contributed by atoms with Crippen molar-refractivity contribution in [2.75, 3.05) is 14.8 Å². The third kappa shape index (κ3) is 16.6. The number of rotatable bonds is 15. The van der Waals surface area contributed by atoms with E-state index < -0.39 is 99.8 Å². The quantitative estimate of drug-likeness (QED) is 0.0371. The minimum atomic E-state index is -5.53. The molecule has 0 radical (unpaired) electrons. The molecule has 1 aliphatic carbocycles. The zero-order chi connectivity index (χ0) is 56.4. The van der Waals surface area contributed by atoms with Crippen LogP contribution in [0.3, 0.4) is 0 Å². The number of anilines is 4. The van der Waals surface area contributed by atoms with Gasteiger partial charge in [0.2, 0.25) is 10.0 Å². The van der Waals surface area contributed by atoms with Crippen LogP contribution >= 0.6 is 0 Å². The van der Waals surface area contributed by atoms with Crippen molar-refractivity contribution in [3.63, 3.8) is 0 Å². The molecule has 0 fully saturated rings. The number of benzene rings is 7. The van der Waals surface area contributed by atoms with E-state index in [2.05, 4.69) is 31.9 Å². The van der Waals surface area contributed by atoms with Crippen molar-refractivity contribution < 1.29 is 254 Å². The van der Waals surface area contributed by atoms with Gasteiger partial charge in [-0.15, -0.1) is 17.7 Å². The fraction of sp³-hybridized carbons (Fsp3) is 0.115. The molecule has 83 heavy (non-hydrogen) atoms. The van der Waals surface area contributed by atoms with Crippen molar-refractivity contribution in [1.29, 1.82) is 0 Å². The number of nitrogens with one attached hydrogen (secondary N) is 3. The average Bonchev–Trinajstić information content (AvgIpc) is 3.54. The molecular weight excluding hydrogens is 1220 g/mol. The molecular formula is C52H37N4Na6O17S4-. The maximum absolute atomic E-state index is 13.8. The number of aryl methyl sites for hydroxylation is 4. The van der Waals surface area contributed by atoms with Gasteiger partial charge < -0.3 is 48.5 Å². The summed E-state index contributed by atoms with van der Waals surface area (Å²) >= 11 is 0. The van der Waals surface area contributed by atoms with Gasteiger partial charge in [-0.3, -0.25) is 9.44 Å². The molecule has 21 nitrogen and oxygen atoms in total. The Bertz CT molecular complexity index is 4400. The standard InChI is InChI=1S/C52H42N4O17S4.6Na/c1-25-16-27(3)48(55-74(63,64)35-11-9-10-31(19-35)50(57)58)29(5)46(25)53-34-14-15-37-41(22-34)73-42-24-40(44(77(70,71)72)23-39(42)45(37)38-12-7-8-13-43(38)76(67,68)69)54-47-26(2)17-28(4)49(30(47)6)56-75(65,66)36-20-32(51(59)60)18-33(21-36)52(61)62;;;;;;/h7-8,10-13,15-24,53,55-56H,1-6H3,(H,57,58)(H,59,60)(H,61,62)(H,67,68,69)(H,70,71,72);;;;;;/q-2;6*+1/p-5. The summed E-state index contributed by atoms with van der Waals surface area (Å²) < 4.78 is 144. The van der Waals surface area contributed by atoms with Crippen LogP contribution in [0, 0.1) is 53.7 Å². The van der Waals surface area contributed by atoms with Gasteiger partial charge in [-0.25, -0.2) is 38.7 Å². The maximum Gasteiger partial charge on any atom is 1.00 e. The molecule has 0 amide bonds. The van der Waals surface area contributed by atoms with Gasteiger partial charge in [0, 0.05) is 28.9 Å². The Morgan fingerprint density at radius 1 is 0.530 bits per heavy atom. The van der Waals surface area contributed by atoms with Crippen LogP contribution in [0.4, 0.5) is 28.4 Å². The van der Waals surface area contributed by atoms with E-state index >= 15 is 0 Å². The number of nitrogens with zero attached hydrogens (tertiary/aromatic N) is 1. The van der Waals surface area contributed by atoms with Gasteiger partial charge in [-0.2, -0.15) is 30.3 Å². The van der Waals surface area contributed by atoms with E-state index in [9.17, 15) is 72.5 Å². The Morgan fingerprint density at radius 2 is 1.04 bits per heavy atom. The van der Waals surface area contributed by atoms with E-state index in [4.69, 9.17) is 4.42 Å². The molecule has 6 aromatic carbocycles. The van der Waals surface area contributed by atoms with Crippen LogP contribution in [0.2, 0.25) is 0 Å². The zero-order valence-corrected chi connectivity index (χ0v) is 62.0. The van der Waals surface area contributed by atoms with E-state index in [0.717, 1.165) is 36.4 Å². The van der Waals surface area contributed by atoms with Gasteiger partial charge in [0.05, 0.1) is 49.0 Å². The summed E-state index contributed by atoms with van der Waals surface area (Å²) in [4.78, 5) is 36.5. The van der Waals surface area contributed by atoms with Crippen LogP contribution < -0.4 is 213 Å². The molecule has 0 bridgehead atoms. The molecule has 8 rings (SSSR count). The molecule has 0 saturated heterocycles. The third-order valence-electron chi connectivity index (χ3n) is 12.3. The summed E-state index contributed by atoms with van der Waals surface area (Å²) in [6.07, 6.45) is 0. The predicted molar refractivity (Wildman–Crippen MR) is 269 cm³/mol. The minimum absolute atomic E-state index is 0. The maximum atomic E-state index is 13.8. The monoisotopic (exact) mass is 1260 g/mol. The summed E-state index contributed by atoms with van der Waals surface area (Å²) in [6.45, 7) is 9.40. The molecule has 0 aromatic heterocycles. The number of fused-ring (bicyclic) bond motifs is 2. The summed E-state index contributed by atoms with van der Waals surface area (Å²) in [5.41, 5.74) is -0.0641. The Balaban J connectivity index is 0.00000392. The molecule has 0 spiro atoms. The first-order chi connectivity index (χ1) is 35.9. The van der Waals surface area contributed by atoms with Crippen LogP contribution in [-0.4, -0.2) is 60.7 Å². The number of hydrogen-bond donors (Lipinski definition) is 3. The van der Waals surface area contributed by atoms with Crippen molar-refractivity contribution in [1.82, 2.24) is 0 Å². The molecule has 3 N–H and O–H groups in total. The molecule has 0 saturated carbocycles. The summed E-state index contributed by atoms with van der Waals surface area (Å²) in [5.74, 6) is -5.61. The van der Waals surface area contributed by atoms with E-state index in [0.29, 0.717) is 46.1 Å². The number of carbonyl (C=O) groups is 3. The molecule has 31 heteroatoms. The fourth-order valence-electron chi connectivity index (χ4n) is 8.78. The van der Waals surface area contributed by atoms with E-state index in [1.165, 1.54) is 57.2 Å². The Hall–Kier alpha value is -2.46. The largest absolute Gasteiger partial charge is 1.00 e. The molecule has 1 aliphatic heterocycles. The van der Waals surface area contributed by atoms with Crippen molar-refractivity contribution in [3.05, 3.63) is 165 Å². The summed E-state index contributed by atoms with van der Waals surface area (Å²) in [7, 11) is -20.0. The molecule has 398 valence electrons. The van der Waals surface area contributed by atoms with Crippen LogP contribution in [0.25, 0.3) is 33.4 Å². The Morgan fingerprint density at radius 3 is 1.59 bits per heavy atom. The normalized spacial score (nSPS) is 11.5. The van der Waals surface area contributed by atoms with E-state index in [-0.39, 0.29) is 245 Å². The third-order valence-corrected chi connectivity index (χ3v) is 16.7. The van der Waals surface area contributed by atoms with Crippen LogP contribution in [-0.2, 0) is 40.3 Å². The van der Waals surface area contributed by atoms with Gasteiger partial charge in [-0.05, 0) is 127 Å². The number of carboxylic acid groups (broad SMARTS) is 3. The molecule has 0 unspecified atom stereocenters. The van der Waals surface area contributed by atoms with Crippen molar-refractivity contribution >= 4 is 97.6 Å².